The van der Waals surface area contributed by atoms with E-state index in [1.165, 1.54) is 11.5 Å². The summed E-state index contributed by atoms with van der Waals surface area (Å²) in [5.74, 6) is 0.279. The first-order chi connectivity index (χ1) is 7.15. The zero-order valence-corrected chi connectivity index (χ0v) is 11.1. The highest BCUT2D eigenvalue weighted by Gasteiger charge is 2.17. The van der Waals surface area contributed by atoms with Crippen LogP contribution in [0.3, 0.4) is 0 Å². The molecule has 0 aliphatic carbocycles. The third-order valence-corrected chi connectivity index (χ3v) is 3.10. The van der Waals surface area contributed by atoms with Crippen LogP contribution in [0.15, 0.2) is 5.38 Å². The predicted octanol–water partition coefficient (Wildman–Crippen LogP) is 2.08. The number of nitrogens with one attached hydrogen (secondary N) is 1. The van der Waals surface area contributed by atoms with Crippen LogP contribution in [0.4, 0.5) is 0 Å². The molecular weight excluding hydrogens is 278 g/mol. The van der Waals surface area contributed by atoms with Crippen molar-refractivity contribution in [1.29, 1.82) is 0 Å². The lowest BCUT2D eigenvalue weighted by Gasteiger charge is -2.20. The van der Waals surface area contributed by atoms with Crippen LogP contribution in [-0.2, 0) is 0 Å². The first-order valence-electron chi connectivity index (χ1n) is 4.79. The Hall–Kier alpha value is -0.490. The van der Waals surface area contributed by atoms with Gasteiger partial charge in [0.25, 0.3) is 5.91 Å². The van der Waals surface area contributed by atoms with Gasteiger partial charge in [-0.05, 0) is 23.9 Å². The fourth-order valence-electron chi connectivity index (χ4n) is 1.20. The molecule has 0 aliphatic rings. The molecule has 0 spiro atoms. The van der Waals surface area contributed by atoms with E-state index in [4.69, 9.17) is 0 Å². The topological polar surface area (TPSA) is 54.9 Å². The molecule has 1 unspecified atom stereocenters. The van der Waals surface area contributed by atoms with E-state index in [0.29, 0.717) is 11.6 Å². The van der Waals surface area contributed by atoms with E-state index in [-0.39, 0.29) is 11.9 Å². The maximum Gasteiger partial charge on any atom is 0.272 e. The summed E-state index contributed by atoms with van der Waals surface area (Å²) in [4.78, 5) is 11.7. The minimum Gasteiger partial charge on any atom is -0.348 e. The molecule has 84 valence electrons. The Bertz CT molecular complexity index is 302. The SMILES string of the molecule is CC(C)C(CCBr)NC(=O)c1csnn1. The van der Waals surface area contributed by atoms with Gasteiger partial charge in [0, 0.05) is 16.8 Å². The Kier molecular flexibility index (Phi) is 5.17. The van der Waals surface area contributed by atoms with Crippen molar-refractivity contribution in [1.82, 2.24) is 14.9 Å². The first kappa shape index (κ1) is 12.6. The van der Waals surface area contributed by atoms with Crippen molar-refractivity contribution in [2.45, 2.75) is 26.3 Å². The number of carbonyl (C=O) groups is 1. The molecule has 0 aliphatic heterocycles. The first-order valence-corrected chi connectivity index (χ1v) is 6.74. The summed E-state index contributed by atoms with van der Waals surface area (Å²) >= 11 is 4.57. The molecule has 4 nitrogen and oxygen atoms in total. The van der Waals surface area contributed by atoms with Crippen molar-refractivity contribution in [3.8, 4) is 0 Å². The molecule has 1 heterocycles. The van der Waals surface area contributed by atoms with Gasteiger partial charge in [-0.1, -0.05) is 34.3 Å². The third kappa shape index (κ3) is 3.87. The van der Waals surface area contributed by atoms with Gasteiger partial charge in [-0.15, -0.1) is 5.10 Å². The summed E-state index contributed by atoms with van der Waals surface area (Å²) in [5.41, 5.74) is 0.403. The van der Waals surface area contributed by atoms with Gasteiger partial charge in [-0.3, -0.25) is 4.79 Å². The van der Waals surface area contributed by atoms with E-state index in [1.54, 1.807) is 5.38 Å². The van der Waals surface area contributed by atoms with Gasteiger partial charge in [-0.25, -0.2) is 0 Å². The highest BCUT2D eigenvalue weighted by molar-refractivity contribution is 9.09. The summed E-state index contributed by atoms with van der Waals surface area (Å²) in [5, 5.41) is 9.22. The average Bonchev–Trinajstić information content (AvgIpc) is 2.69. The van der Waals surface area contributed by atoms with E-state index in [1.807, 2.05) is 0 Å². The Balaban J connectivity index is 2.55. The summed E-state index contributed by atoms with van der Waals surface area (Å²) in [6.07, 6.45) is 0.918. The molecule has 1 atom stereocenters. The molecule has 0 radical (unpaired) electrons. The fraction of sp³-hybridized carbons (Fsp3) is 0.667. The number of nitrogens with zero attached hydrogens (tertiary/aromatic N) is 2. The van der Waals surface area contributed by atoms with Crippen molar-refractivity contribution < 1.29 is 4.79 Å². The fourth-order valence-corrected chi connectivity index (χ4v) is 2.13. The number of amides is 1. The molecule has 1 aromatic heterocycles. The lowest BCUT2D eigenvalue weighted by atomic mass is 10.0. The monoisotopic (exact) mass is 291 g/mol. The van der Waals surface area contributed by atoms with Crippen molar-refractivity contribution in [2.75, 3.05) is 5.33 Å². The Morgan fingerprint density at radius 2 is 2.40 bits per heavy atom. The summed E-state index contributed by atoms with van der Waals surface area (Å²) < 4.78 is 3.66. The number of hydrogen-bond acceptors (Lipinski definition) is 4. The lowest BCUT2D eigenvalue weighted by molar-refractivity contribution is 0.0920. The van der Waals surface area contributed by atoms with Gasteiger partial charge < -0.3 is 5.32 Å². The average molecular weight is 292 g/mol. The quantitative estimate of drug-likeness (QED) is 0.845. The van der Waals surface area contributed by atoms with Crippen molar-refractivity contribution in [3.63, 3.8) is 0 Å². The van der Waals surface area contributed by atoms with Crippen LogP contribution in [0.1, 0.15) is 30.8 Å². The van der Waals surface area contributed by atoms with Crippen molar-refractivity contribution in [2.24, 2.45) is 5.92 Å². The number of carbonyl (C=O) groups excluding carboxylic acids is 1. The maximum absolute atomic E-state index is 11.7. The summed E-state index contributed by atoms with van der Waals surface area (Å²) in [6.45, 7) is 4.18. The predicted molar refractivity (Wildman–Crippen MR) is 64.4 cm³/mol. The van der Waals surface area contributed by atoms with Gasteiger partial charge in [0.1, 0.15) is 0 Å². The van der Waals surface area contributed by atoms with Crippen LogP contribution in [0, 0.1) is 5.92 Å². The van der Waals surface area contributed by atoms with E-state index < -0.39 is 0 Å². The molecule has 6 heteroatoms. The molecule has 1 amide bonds. The molecule has 1 rings (SSSR count). The van der Waals surface area contributed by atoms with Crippen LogP contribution in [0.5, 0.6) is 0 Å². The van der Waals surface area contributed by atoms with Crippen molar-refractivity contribution in [3.05, 3.63) is 11.1 Å². The molecule has 0 bridgehead atoms. The standard InChI is InChI=1S/C9H14BrN3OS/c1-6(2)7(3-4-10)11-9(14)8-5-15-13-12-8/h5-7H,3-4H2,1-2H3,(H,11,14). The van der Waals surface area contributed by atoms with Crippen LogP contribution >= 0.6 is 27.5 Å². The molecular formula is C9H14BrN3OS. The van der Waals surface area contributed by atoms with Crippen LogP contribution in [0.2, 0.25) is 0 Å². The number of alkyl halides is 1. The molecule has 1 aromatic rings. The van der Waals surface area contributed by atoms with Gasteiger partial charge >= 0.3 is 0 Å². The lowest BCUT2D eigenvalue weighted by Crippen LogP contribution is -2.39. The highest BCUT2D eigenvalue weighted by atomic mass is 79.9. The van der Waals surface area contributed by atoms with E-state index in [9.17, 15) is 4.79 Å². The maximum atomic E-state index is 11.7. The minimum atomic E-state index is -0.136. The Labute approximate surface area is 102 Å². The largest absolute Gasteiger partial charge is 0.348 e. The van der Waals surface area contributed by atoms with Gasteiger partial charge in [0.2, 0.25) is 0 Å². The van der Waals surface area contributed by atoms with Crippen LogP contribution in [0.25, 0.3) is 0 Å². The Morgan fingerprint density at radius 1 is 1.67 bits per heavy atom. The molecule has 1 N–H and O–H groups in total. The van der Waals surface area contributed by atoms with E-state index in [0.717, 1.165) is 11.8 Å². The van der Waals surface area contributed by atoms with Gasteiger partial charge in [-0.2, -0.15) is 0 Å². The van der Waals surface area contributed by atoms with E-state index >= 15 is 0 Å². The minimum absolute atomic E-state index is 0.136. The molecule has 15 heavy (non-hydrogen) atoms. The molecule has 0 saturated heterocycles. The molecule has 0 aromatic carbocycles. The second kappa shape index (κ2) is 6.17. The van der Waals surface area contributed by atoms with Gasteiger partial charge in [0.15, 0.2) is 5.69 Å². The molecule has 0 fully saturated rings. The Morgan fingerprint density at radius 3 is 2.87 bits per heavy atom. The third-order valence-electron chi connectivity index (χ3n) is 2.13. The number of halogens is 1. The van der Waals surface area contributed by atoms with Crippen LogP contribution < -0.4 is 5.32 Å². The second-order valence-electron chi connectivity index (χ2n) is 3.59. The zero-order chi connectivity index (χ0) is 11.3. The van der Waals surface area contributed by atoms with E-state index in [2.05, 4.69) is 44.7 Å². The smallest absolute Gasteiger partial charge is 0.272 e. The summed E-state index contributed by atoms with van der Waals surface area (Å²) in [7, 11) is 0. The van der Waals surface area contributed by atoms with Crippen molar-refractivity contribution >= 4 is 33.4 Å². The summed E-state index contributed by atoms with van der Waals surface area (Å²) in [6, 6.07) is 0.179. The molecule has 0 saturated carbocycles. The zero-order valence-electron chi connectivity index (χ0n) is 8.74. The van der Waals surface area contributed by atoms with Gasteiger partial charge in [0.05, 0.1) is 0 Å². The normalized spacial score (nSPS) is 12.8. The highest BCUT2D eigenvalue weighted by Crippen LogP contribution is 2.09. The number of aromatic nitrogens is 2. The number of rotatable bonds is 5. The second-order valence-corrected chi connectivity index (χ2v) is 4.99. The number of hydrogen-bond donors (Lipinski definition) is 1. The van der Waals surface area contributed by atoms with Crippen LogP contribution in [-0.4, -0.2) is 26.9 Å².